The Hall–Kier alpha value is 0.940. The van der Waals surface area contributed by atoms with Crippen LogP contribution < -0.4 is 0 Å². The molecule has 0 aliphatic carbocycles. The molecule has 0 atom stereocenters. The molecule has 6 heteroatoms. The maximum Gasteiger partial charge on any atom is 0.678 e. The fraction of sp³-hybridized carbons (Fsp3) is 1.00. The van der Waals surface area contributed by atoms with Crippen molar-refractivity contribution in [2.45, 2.75) is 79.1 Å². The van der Waals surface area contributed by atoms with Crippen LogP contribution >= 0.6 is 0 Å². The predicted octanol–water partition coefficient (Wildman–Crippen LogP) is 2.86. The Bertz CT molecular complexity index is 209. The van der Waals surface area contributed by atoms with Gasteiger partial charge in [-0.1, -0.05) is 0 Å². The molecule has 18 heavy (non-hydrogen) atoms. The van der Waals surface area contributed by atoms with Gasteiger partial charge in [-0.15, -0.1) is 0 Å². The van der Waals surface area contributed by atoms with Gasteiger partial charge in [0.05, 0.1) is 16.8 Å². The van der Waals surface area contributed by atoms with Gasteiger partial charge in [0.1, 0.15) is 0 Å². The molecule has 0 heterocycles. The van der Waals surface area contributed by atoms with Gasteiger partial charge in [-0.2, -0.15) is 0 Å². The largest absolute Gasteiger partial charge is 0.678 e. The molecule has 0 saturated carbocycles. The van der Waals surface area contributed by atoms with E-state index in [9.17, 15) is 4.80 Å². The van der Waals surface area contributed by atoms with E-state index in [4.69, 9.17) is 13.3 Å². The summed E-state index contributed by atoms with van der Waals surface area (Å²) in [5, 5.41) is 0. The minimum absolute atomic E-state index is 0. The molecule has 0 bridgehead atoms. The van der Waals surface area contributed by atoms with E-state index < -0.39 is 25.9 Å². The first kappa shape index (κ1) is 21.2. The number of rotatable bonds is 3. The van der Waals surface area contributed by atoms with Crippen LogP contribution in [0.2, 0.25) is 0 Å². The van der Waals surface area contributed by atoms with Gasteiger partial charge < -0.3 is 18.1 Å². The summed E-state index contributed by atoms with van der Waals surface area (Å²) in [5.41, 5.74) is -1.55. The Morgan fingerprint density at radius 1 is 0.611 bits per heavy atom. The van der Waals surface area contributed by atoms with E-state index >= 15 is 0 Å². The summed E-state index contributed by atoms with van der Waals surface area (Å²) in [4.78, 5) is 10.5. The van der Waals surface area contributed by atoms with Crippen LogP contribution in [0.1, 0.15) is 62.3 Å². The molecule has 1 N–H and O–H groups in total. The first-order valence-corrected chi connectivity index (χ1v) is 7.62. The molecular formula is C12H28O4SiZr. The second-order valence-corrected chi connectivity index (χ2v) is 8.83. The fourth-order valence-corrected chi connectivity index (χ4v) is 3.67. The zero-order valence-corrected chi connectivity index (χ0v) is 16.6. The smallest absolute Gasteiger partial charge is 0.367 e. The van der Waals surface area contributed by atoms with Gasteiger partial charge in [0, 0.05) is 26.2 Å². The van der Waals surface area contributed by atoms with Gasteiger partial charge in [0.25, 0.3) is 0 Å². The van der Waals surface area contributed by atoms with E-state index in [0.717, 1.165) is 0 Å². The van der Waals surface area contributed by atoms with Crippen molar-refractivity contribution in [2.75, 3.05) is 0 Å². The summed E-state index contributed by atoms with van der Waals surface area (Å²) in [6.07, 6.45) is 0. The average Bonchev–Trinajstić information content (AvgIpc) is 1.65. The van der Waals surface area contributed by atoms with Gasteiger partial charge in [0.2, 0.25) is 0 Å². The van der Waals surface area contributed by atoms with Crippen molar-refractivity contribution in [3.8, 4) is 0 Å². The molecule has 0 aliphatic rings. The molecule has 0 aromatic heterocycles. The van der Waals surface area contributed by atoms with Crippen molar-refractivity contribution in [2.24, 2.45) is 0 Å². The summed E-state index contributed by atoms with van der Waals surface area (Å²) >= 11 is 0. The maximum absolute atomic E-state index is 10.5. The summed E-state index contributed by atoms with van der Waals surface area (Å²) in [6.45, 7) is 16.8. The van der Waals surface area contributed by atoms with Gasteiger partial charge in [-0.3, -0.25) is 0 Å². The summed E-state index contributed by atoms with van der Waals surface area (Å²) in [6, 6.07) is 0. The molecule has 0 fully saturated rings. The molecule has 108 valence electrons. The van der Waals surface area contributed by atoms with Crippen LogP contribution in [0.3, 0.4) is 0 Å². The SMILES string of the molecule is CC(C)(C)O[Si](O)(OC(C)(C)C)OC(C)(C)C.[Zr]. The van der Waals surface area contributed by atoms with Crippen LogP contribution in [-0.4, -0.2) is 30.6 Å². The minimum atomic E-state index is -3.66. The third-order valence-corrected chi connectivity index (χ3v) is 3.92. The van der Waals surface area contributed by atoms with E-state index in [1.54, 1.807) is 0 Å². The van der Waals surface area contributed by atoms with Crippen molar-refractivity contribution in [3.05, 3.63) is 0 Å². The van der Waals surface area contributed by atoms with E-state index in [2.05, 4.69) is 0 Å². The van der Waals surface area contributed by atoms with Crippen LogP contribution in [0, 0.1) is 0 Å². The van der Waals surface area contributed by atoms with Crippen LogP contribution in [-0.2, 0) is 39.5 Å². The fourth-order valence-electron chi connectivity index (χ4n) is 1.22. The molecule has 0 rings (SSSR count). The molecule has 0 aromatic carbocycles. The minimum Gasteiger partial charge on any atom is -0.367 e. The molecule has 0 radical (unpaired) electrons. The third-order valence-electron chi connectivity index (χ3n) is 1.31. The summed E-state index contributed by atoms with van der Waals surface area (Å²) < 4.78 is 16.9. The van der Waals surface area contributed by atoms with E-state index in [1.807, 2.05) is 62.3 Å². The Labute approximate surface area is 132 Å². The normalized spacial score (nSPS) is 14.3. The van der Waals surface area contributed by atoms with E-state index in [0.29, 0.717) is 0 Å². The second kappa shape index (κ2) is 6.59. The molecule has 0 saturated heterocycles. The third kappa shape index (κ3) is 12.0. The molecule has 0 amide bonds. The Balaban J connectivity index is 0. The van der Waals surface area contributed by atoms with Gasteiger partial charge in [0.15, 0.2) is 0 Å². The van der Waals surface area contributed by atoms with Crippen LogP contribution in [0.25, 0.3) is 0 Å². The van der Waals surface area contributed by atoms with Crippen molar-refractivity contribution in [1.29, 1.82) is 0 Å². The topological polar surface area (TPSA) is 47.9 Å². The first-order chi connectivity index (χ1) is 7.12. The average molecular weight is 356 g/mol. The van der Waals surface area contributed by atoms with E-state index in [1.165, 1.54) is 0 Å². The van der Waals surface area contributed by atoms with Crippen molar-refractivity contribution in [1.82, 2.24) is 0 Å². The Morgan fingerprint density at radius 3 is 0.889 bits per heavy atom. The van der Waals surface area contributed by atoms with Crippen molar-refractivity contribution < 1.29 is 44.3 Å². The van der Waals surface area contributed by atoms with Crippen LogP contribution in [0.5, 0.6) is 0 Å². The van der Waals surface area contributed by atoms with Gasteiger partial charge in [-0.25, -0.2) is 0 Å². The molecule has 0 aliphatic heterocycles. The second-order valence-electron chi connectivity index (χ2n) is 7.17. The molecular weight excluding hydrogens is 327 g/mol. The molecule has 0 spiro atoms. The number of hydrogen-bond donors (Lipinski definition) is 1. The first-order valence-electron chi connectivity index (χ1n) is 5.95. The van der Waals surface area contributed by atoms with Crippen molar-refractivity contribution >= 4 is 9.05 Å². The Kier molecular flexibility index (Phi) is 7.78. The quantitative estimate of drug-likeness (QED) is 0.791. The number of hydrogen-bond acceptors (Lipinski definition) is 4. The molecule has 4 nitrogen and oxygen atoms in total. The Morgan fingerprint density at radius 2 is 0.778 bits per heavy atom. The van der Waals surface area contributed by atoms with Gasteiger partial charge >= 0.3 is 9.05 Å². The van der Waals surface area contributed by atoms with Gasteiger partial charge in [-0.05, 0) is 62.3 Å². The zero-order valence-electron chi connectivity index (χ0n) is 13.2. The monoisotopic (exact) mass is 354 g/mol. The van der Waals surface area contributed by atoms with Crippen LogP contribution in [0.15, 0.2) is 0 Å². The zero-order chi connectivity index (χ0) is 14.1. The van der Waals surface area contributed by atoms with E-state index in [-0.39, 0.29) is 26.2 Å². The predicted molar refractivity (Wildman–Crippen MR) is 70.5 cm³/mol. The summed E-state index contributed by atoms with van der Waals surface area (Å²) in [5.74, 6) is 0. The standard InChI is InChI=1S/C12H28O4Si.Zr/c1-10(2,3)14-17(13,15-11(4,5)6)16-12(7,8)9;/h13H,1-9H3;. The summed E-state index contributed by atoms with van der Waals surface area (Å²) in [7, 11) is -3.66. The van der Waals surface area contributed by atoms with Crippen molar-refractivity contribution in [3.63, 3.8) is 0 Å². The molecule has 0 aromatic rings. The maximum atomic E-state index is 10.5. The van der Waals surface area contributed by atoms with Crippen LogP contribution in [0.4, 0.5) is 0 Å². The molecule has 0 unspecified atom stereocenters.